The molecule has 0 aliphatic heterocycles. The van der Waals surface area contributed by atoms with Crippen molar-refractivity contribution < 1.29 is 0 Å². The summed E-state index contributed by atoms with van der Waals surface area (Å²) >= 11 is 1.57. The molecular formula is C18H30N4S. The normalized spacial score (nSPS) is 11.2. The van der Waals surface area contributed by atoms with E-state index in [1.165, 1.54) is 57.8 Å². The van der Waals surface area contributed by atoms with E-state index in [0.29, 0.717) is 0 Å². The highest BCUT2D eigenvalue weighted by Gasteiger charge is 2.08. The molecule has 23 heavy (non-hydrogen) atoms. The molecule has 0 radical (unpaired) electrons. The largest absolute Gasteiger partial charge is 0.286 e. The Morgan fingerprint density at radius 1 is 1.00 bits per heavy atom. The van der Waals surface area contributed by atoms with Crippen LogP contribution in [-0.2, 0) is 0 Å². The van der Waals surface area contributed by atoms with Gasteiger partial charge in [0.15, 0.2) is 0 Å². The van der Waals surface area contributed by atoms with Crippen LogP contribution in [0.3, 0.4) is 0 Å². The molecule has 0 aliphatic rings. The number of rotatable bonds is 12. The van der Waals surface area contributed by atoms with Crippen molar-refractivity contribution >= 4 is 26.8 Å². The van der Waals surface area contributed by atoms with Gasteiger partial charge < -0.3 is 0 Å². The highest BCUT2D eigenvalue weighted by atomic mass is 32.1. The molecule has 2 aromatic heterocycles. The molecule has 0 aromatic carbocycles. The van der Waals surface area contributed by atoms with Gasteiger partial charge in [0.2, 0.25) is 5.13 Å². The number of aromatic nitrogens is 2. The molecule has 0 bridgehead atoms. The van der Waals surface area contributed by atoms with Crippen LogP contribution in [0.1, 0.15) is 71.1 Å². The molecule has 4 nitrogen and oxygen atoms in total. The van der Waals surface area contributed by atoms with Gasteiger partial charge in [0, 0.05) is 12.7 Å². The Morgan fingerprint density at radius 3 is 2.30 bits per heavy atom. The van der Waals surface area contributed by atoms with Gasteiger partial charge in [0.05, 0.1) is 0 Å². The third kappa shape index (κ3) is 6.43. The third-order valence-corrected chi connectivity index (χ3v) is 5.17. The second-order valence-electron chi connectivity index (χ2n) is 6.20. The standard InChI is InChI=1S/C18H30N4S/c1-2-3-4-5-6-7-8-9-10-11-15-22(19)18-21-16-13-12-14-20-17(16)23-18/h12-14H,2-11,15,19H2,1H3. The van der Waals surface area contributed by atoms with E-state index in [0.717, 1.165) is 28.4 Å². The van der Waals surface area contributed by atoms with Gasteiger partial charge in [-0.1, -0.05) is 76.0 Å². The average Bonchev–Trinajstić information content (AvgIpc) is 3.00. The molecule has 2 aromatic rings. The minimum absolute atomic E-state index is 0.870. The number of nitrogens with two attached hydrogens (primary N) is 1. The molecule has 0 saturated carbocycles. The first-order valence-electron chi connectivity index (χ1n) is 9.05. The number of hydrogen-bond donors (Lipinski definition) is 1. The van der Waals surface area contributed by atoms with Crippen LogP contribution in [0.5, 0.6) is 0 Å². The van der Waals surface area contributed by atoms with E-state index in [2.05, 4.69) is 16.9 Å². The maximum absolute atomic E-state index is 6.12. The van der Waals surface area contributed by atoms with Crippen molar-refractivity contribution in [3.05, 3.63) is 18.3 Å². The Morgan fingerprint density at radius 2 is 1.65 bits per heavy atom. The Hall–Kier alpha value is -1.20. The predicted octanol–water partition coefficient (Wildman–Crippen LogP) is 5.29. The van der Waals surface area contributed by atoms with Crippen molar-refractivity contribution in [2.75, 3.05) is 11.6 Å². The van der Waals surface area contributed by atoms with E-state index < -0.39 is 0 Å². The highest BCUT2D eigenvalue weighted by molar-refractivity contribution is 7.21. The summed E-state index contributed by atoms with van der Waals surface area (Å²) in [5.74, 6) is 6.12. The predicted molar refractivity (Wildman–Crippen MR) is 101 cm³/mol. The molecule has 0 amide bonds. The fourth-order valence-electron chi connectivity index (χ4n) is 2.75. The lowest BCUT2D eigenvalue weighted by atomic mass is 10.1. The smallest absolute Gasteiger partial charge is 0.202 e. The van der Waals surface area contributed by atoms with Crippen molar-refractivity contribution in [2.45, 2.75) is 71.1 Å². The van der Waals surface area contributed by atoms with Crippen molar-refractivity contribution in [3.63, 3.8) is 0 Å². The zero-order valence-electron chi connectivity index (χ0n) is 14.3. The van der Waals surface area contributed by atoms with Gasteiger partial charge in [-0.05, 0) is 18.6 Å². The molecule has 128 valence electrons. The third-order valence-electron chi connectivity index (χ3n) is 4.15. The summed E-state index contributed by atoms with van der Waals surface area (Å²) in [4.78, 5) is 9.81. The second kappa shape index (κ2) is 10.6. The van der Waals surface area contributed by atoms with Gasteiger partial charge in [-0.25, -0.2) is 15.8 Å². The summed E-state index contributed by atoms with van der Waals surface area (Å²) < 4.78 is 0. The molecule has 5 heteroatoms. The summed E-state index contributed by atoms with van der Waals surface area (Å²) in [7, 11) is 0. The molecule has 0 saturated heterocycles. The van der Waals surface area contributed by atoms with E-state index >= 15 is 0 Å². The molecule has 0 unspecified atom stereocenters. The van der Waals surface area contributed by atoms with Gasteiger partial charge in [0.25, 0.3) is 0 Å². The number of thiazole rings is 1. The monoisotopic (exact) mass is 334 g/mol. The zero-order valence-corrected chi connectivity index (χ0v) is 15.2. The molecule has 0 fully saturated rings. The van der Waals surface area contributed by atoms with E-state index in [4.69, 9.17) is 5.84 Å². The molecule has 0 spiro atoms. The Balaban J connectivity index is 1.54. The molecule has 2 rings (SSSR count). The summed E-state index contributed by atoms with van der Waals surface area (Å²) in [5, 5.41) is 2.64. The SMILES string of the molecule is CCCCCCCCCCCCN(N)c1nc2cccnc2s1. The zero-order chi connectivity index (χ0) is 16.3. The first-order chi connectivity index (χ1) is 11.3. The van der Waals surface area contributed by atoms with Gasteiger partial charge in [-0.2, -0.15) is 0 Å². The lowest BCUT2D eigenvalue weighted by molar-refractivity contribution is 0.555. The quantitative estimate of drug-likeness (QED) is 0.325. The topological polar surface area (TPSA) is 55.0 Å². The number of hydrazine groups is 1. The first-order valence-corrected chi connectivity index (χ1v) is 9.86. The number of unbranched alkanes of at least 4 members (excludes halogenated alkanes) is 9. The minimum atomic E-state index is 0.870. The van der Waals surface area contributed by atoms with Crippen molar-refractivity contribution in [3.8, 4) is 0 Å². The van der Waals surface area contributed by atoms with Gasteiger partial charge in [-0.15, -0.1) is 0 Å². The van der Waals surface area contributed by atoms with Gasteiger partial charge in [0.1, 0.15) is 10.3 Å². The van der Waals surface area contributed by atoms with Crippen molar-refractivity contribution in [2.24, 2.45) is 5.84 Å². The number of fused-ring (bicyclic) bond motifs is 1. The van der Waals surface area contributed by atoms with Crippen LogP contribution in [-0.4, -0.2) is 16.5 Å². The van der Waals surface area contributed by atoms with E-state index in [-0.39, 0.29) is 0 Å². The Kier molecular flexibility index (Phi) is 8.32. The number of hydrogen-bond acceptors (Lipinski definition) is 5. The Bertz CT molecular complexity index is 522. The summed E-state index contributed by atoms with van der Waals surface area (Å²) in [6.07, 6.45) is 15.2. The number of pyridine rings is 1. The van der Waals surface area contributed by atoms with Gasteiger partial charge in [-0.3, -0.25) is 5.01 Å². The minimum Gasteiger partial charge on any atom is -0.286 e. The molecule has 0 atom stereocenters. The lowest BCUT2D eigenvalue weighted by Gasteiger charge is -2.14. The highest BCUT2D eigenvalue weighted by Crippen LogP contribution is 2.25. The van der Waals surface area contributed by atoms with Crippen LogP contribution < -0.4 is 10.9 Å². The van der Waals surface area contributed by atoms with Crippen molar-refractivity contribution in [1.82, 2.24) is 9.97 Å². The summed E-state index contributed by atoms with van der Waals surface area (Å²) in [6.45, 7) is 3.14. The fourth-order valence-corrected chi connectivity index (χ4v) is 3.60. The first kappa shape index (κ1) is 18.1. The number of nitrogens with zero attached hydrogens (tertiary/aromatic N) is 3. The van der Waals surface area contributed by atoms with Gasteiger partial charge >= 0.3 is 0 Å². The summed E-state index contributed by atoms with van der Waals surface area (Å²) in [6, 6.07) is 3.89. The second-order valence-corrected chi connectivity index (χ2v) is 7.16. The molecule has 2 N–H and O–H groups in total. The maximum atomic E-state index is 6.12. The molecular weight excluding hydrogens is 304 g/mol. The fraction of sp³-hybridized carbons (Fsp3) is 0.667. The lowest BCUT2D eigenvalue weighted by Crippen LogP contribution is -2.31. The van der Waals surface area contributed by atoms with E-state index in [1.54, 1.807) is 22.5 Å². The van der Waals surface area contributed by atoms with Crippen LogP contribution in [0.15, 0.2) is 18.3 Å². The average molecular weight is 335 g/mol. The van der Waals surface area contributed by atoms with E-state index in [9.17, 15) is 0 Å². The summed E-state index contributed by atoms with van der Waals surface area (Å²) in [5.41, 5.74) is 0.936. The van der Waals surface area contributed by atoms with Crippen LogP contribution in [0.2, 0.25) is 0 Å². The molecule has 0 aliphatic carbocycles. The number of anilines is 1. The van der Waals surface area contributed by atoms with Crippen LogP contribution in [0, 0.1) is 0 Å². The maximum Gasteiger partial charge on any atom is 0.202 e. The molecule has 2 heterocycles. The van der Waals surface area contributed by atoms with Crippen LogP contribution in [0.25, 0.3) is 10.3 Å². The van der Waals surface area contributed by atoms with Crippen LogP contribution >= 0.6 is 11.3 Å². The van der Waals surface area contributed by atoms with E-state index in [1.807, 2.05) is 12.1 Å². The van der Waals surface area contributed by atoms with Crippen LogP contribution in [0.4, 0.5) is 5.13 Å². The Labute approximate surface area is 144 Å². The van der Waals surface area contributed by atoms with Crippen molar-refractivity contribution in [1.29, 1.82) is 0 Å².